The molecule has 0 spiro atoms. The topological polar surface area (TPSA) is 46.0 Å². The summed E-state index contributed by atoms with van der Waals surface area (Å²) in [6, 6.07) is 34.7. The Morgan fingerprint density at radius 3 is 1.35 bits per heavy atom. The molecule has 0 saturated heterocycles. The number of aromatic nitrogens is 2. The van der Waals surface area contributed by atoms with Gasteiger partial charge in [0, 0.05) is 28.5 Å². The third kappa shape index (κ3) is 5.80. The largest absolute Gasteiger partial charge is 0.395 e. The highest BCUT2D eigenvalue weighted by Gasteiger charge is 2.44. The fraction of sp³-hybridized carbons (Fsp3) is 0.125. The van der Waals surface area contributed by atoms with Crippen molar-refractivity contribution in [2.75, 3.05) is 0 Å². The standard InChI is InChI=1S/C32H34B7ClN2O/c33-29(34,22-11-13-27(41-18-22)20-7-3-1-4-8-20)30(35,36)24-15-25(17-26(40)16-24)32(39,43)31(37,38)23-12-14-28(42-19-23)21-9-5-2-6-10-21/h1-19,43H,33-39H2. The molecule has 1 unspecified atom stereocenters. The van der Waals surface area contributed by atoms with Gasteiger partial charge >= 0.3 is 0 Å². The van der Waals surface area contributed by atoms with Crippen LogP contribution in [0.4, 0.5) is 0 Å². The molecule has 0 radical (unpaired) electrons. The van der Waals surface area contributed by atoms with E-state index in [0.29, 0.717) is 5.02 Å². The van der Waals surface area contributed by atoms with Crippen molar-refractivity contribution in [1.82, 2.24) is 9.97 Å². The van der Waals surface area contributed by atoms with Crippen LogP contribution in [-0.2, 0) is 21.1 Å². The van der Waals surface area contributed by atoms with Gasteiger partial charge in [-0.25, -0.2) is 0 Å². The first-order valence-electron chi connectivity index (χ1n) is 14.8. The lowest BCUT2D eigenvalue weighted by Crippen LogP contribution is -2.53. The molecule has 0 saturated carbocycles. The normalized spacial score (nSPS) is 13.7. The van der Waals surface area contributed by atoms with Crippen LogP contribution >= 0.6 is 11.6 Å². The maximum atomic E-state index is 12.2. The van der Waals surface area contributed by atoms with Crippen LogP contribution < -0.4 is 0 Å². The Balaban J connectivity index is 1.47. The summed E-state index contributed by atoms with van der Waals surface area (Å²) < 4.78 is 0. The van der Waals surface area contributed by atoms with Gasteiger partial charge in [0.05, 0.1) is 16.9 Å². The number of aliphatic hydroxyl groups is 1. The monoisotopic (exact) mass is 574 g/mol. The molecule has 206 valence electrons. The van der Waals surface area contributed by atoms with Crippen molar-refractivity contribution in [2.24, 2.45) is 0 Å². The molecule has 5 rings (SSSR count). The van der Waals surface area contributed by atoms with Crippen molar-refractivity contribution < 1.29 is 5.11 Å². The van der Waals surface area contributed by atoms with Crippen LogP contribution in [0, 0.1) is 0 Å². The Bertz CT molecular complexity index is 1590. The summed E-state index contributed by atoms with van der Waals surface area (Å²) in [6.45, 7) is 0. The number of halogens is 1. The van der Waals surface area contributed by atoms with Gasteiger partial charge in [0.2, 0.25) is 0 Å². The minimum Gasteiger partial charge on any atom is -0.395 e. The lowest BCUT2D eigenvalue weighted by atomic mass is 9.27. The lowest BCUT2D eigenvalue weighted by molar-refractivity contribution is 0.107. The van der Waals surface area contributed by atoms with Gasteiger partial charge in [-0.3, -0.25) is 9.97 Å². The first kappa shape index (κ1) is 31.1. The van der Waals surface area contributed by atoms with Gasteiger partial charge in [-0.1, -0.05) is 106 Å². The second kappa shape index (κ2) is 11.6. The Morgan fingerprint density at radius 1 is 0.488 bits per heavy atom. The zero-order chi connectivity index (χ0) is 31.0. The summed E-state index contributed by atoms with van der Waals surface area (Å²) in [6.07, 6.45) is 3.86. The number of benzene rings is 3. The molecular formula is C32H34B7ClN2O. The summed E-state index contributed by atoms with van der Waals surface area (Å²) in [5.41, 5.74) is 6.69. The number of hydrogen-bond donors (Lipinski definition) is 1. The smallest absolute Gasteiger partial charge is 0.148 e. The molecule has 11 heteroatoms. The van der Waals surface area contributed by atoms with Crippen molar-refractivity contribution in [3.8, 4) is 22.5 Å². The summed E-state index contributed by atoms with van der Waals surface area (Å²) in [7, 11) is 14.9. The third-order valence-corrected chi connectivity index (χ3v) is 10.3. The molecule has 0 amide bonds. The fourth-order valence-electron chi connectivity index (χ4n) is 5.68. The lowest BCUT2D eigenvalue weighted by Gasteiger charge is -2.45. The van der Waals surface area contributed by atoms with E-state index in [2.05, 4.69) is 83.5 Å². The van der Waals surface area contributed by atoms with E-state index in [-0.39, 0.29) is 10.4 Å². The van der Waals surface area contributed by atoms with E-state index in [0.717, 1.165) is 44.8 Å². The Labute approximate surface area is 267 Å². The van der Waals surface area contributed by atoms with Crippen LogP contribution in [0.25, 0.3) is 22.5 Å². The molecule has 0 aliphatic carbocycles. The second-order valence-electron chi connectivity index (χ2n) is 13.3. The number of pyridine rings is 2. The molecule has 2 heterocycles. The van der Waals surface area contributed by atoms with Gasteiger partial charge in [0.1, 0.15) is 54.9 Å². The Kier molecular flexibility index (Phi) is 8.41. The molecule has 1 atom stereocenters. The highest BCUT2D eigenvalue weighted by atomic mass is 35.5. The van der Waals surface area contributed by atoms with Crippen molar-refractivity contribution >= 4 is 66.5 Å². The highest BCUT2D eigenvalue weighted by Crippen LogP contribution is 2.41. The van der Waals surface area contributed by atoms with E-state index < -0.39 is 10.7 Å². The van der Waals surface area contributed by atoms with E-state index in [1.807, 2.05) is 87.0 Å². The van der Waals surface area contributed by atoms with Gasteiger partial charge in [-0.2, -0.15) is 0 Å². The van der Waals surface area contributed by atoms with Crippen molar-refractivity contribution in [1.29, 1.82) is 0 Å². The third-order valence-electron chi connectivity index (χ3n) is 10.1. The second-order valence-corrected chi connectivity index (χ2v) is 13.7. The summed E-state index contributed by atoms with van der Waals surface area (Å²) >= 11 is 6.80. The Hall–Kier alpha value is -3.34. The zero-order valence-corrected chi connectivity index (χ0v) is 26.9. The van der Waals surface area contributed by atoms with Gasteiger partial charge in [-0.15, -0.1) is 0 Å². The molecule has 3 nitrogen and oxygen atoms in total. The van der Waals surface area contributed by atoms with Crippen LogP contribution in [-0.4, -0.2) is 70.0 Å². The van der Waals surface area contributed by atoms with Crippen molar-refractivity contribution in [3.63, 3.8) is 0 Å². The van der Waals surface area contributed by atoms with Crippen LogP contribution in [0.5, 0.6) is 0 Å². The van der Waals surface area contributed by atoms with E-state index in [1.165, 1.54) is 0 Å². The zero-order valence-electron chi connectivity index (χ0n) is 26.2. The first-order chi connectivity index (χ1) is 20.2. The number of hydrogen-bond acceptors (Lipinski definition) is 3. The average Bonchev–Trinajstić information content (AvgIpc) is 3.01. The predicted octanol–water partition coefficient (Wildman–Crippen LogP) is -0.100. The number of nitrogens with zero attached hydrogens (tertiary/aromatic N) is 2. The molecular weight excluding hydrogens is 540 g/mol. The molecule has 2 aromatic heterocycles. The highest BCUT2D eigenvalue weighted by molar-refractivity contribution is 6.54. The summed E-state index contributed by atoms with van der Waals surface area (Å²) in [4.78, 5) is 9.56. The molecule has 0 fully saturated rings. The van der Waals surface area contributed by atoms with Gasteiger partial charge in [0.15, 0.2) is 0 Å². The van der Waals surface area contributed by atoms with Crippen LogP contribution in [0.1, 0.15) is 22.3 Å². The maximum absolute atomic E-state index is 12.2. The van der Waals surface area contributed by atoms with E-state index in [9.17, 15) is 5.11 Å². The van der Waals surface area contributed by atoms with E-state index >= 15 is 0 Å². The molecule has 5 aromatic rings. The van der Waals surface area contributed by atoms with E-state index in [1.54, 1.807) is 0 Å². The molecule has 3 aromatic carbocycles. The summed E-state index contributed by atoms with van der Waals surface area (Å²) in [5.74, 6) is 0. The molecule has 0 aliphatic rings. The van der Waals surface area contributed by atoms with Crippen molar-refractivity contribution in [3.05, 3.63) is 143 Å². The maximum Gasteiger partial charge on any atom is 0.148 e. The minimum absolute atomic E-state index is 0.296. The molecule has 43 heavy (non-hydrogen) atoms. The summed E-state index contributed by atoms with van der Waals surface area (Å²) in [5, 5.41) is 11.5. The molecule has 0 bridgehead atoms. The van der Waals surface area contributed by atoms with Gasteiger partial charge in [-0.05, 0) is 46.2 Å². The fourth-order valence-corrected chi connectivity index (χ4v) is 5.92. The number of rotatable bonds is 8. The van der Waals surface area contributed by atoms with Gasteiger partial charge in [0.25, 0.3) is 0 Å². The molecule has 1 N–H and O–H groups in total. The first-order valence-corrected chi connectivity index (χ1v) is 15.2. The predicted molar refractivity (Wildman–Crippen MR) is 200 cm³/mol. The van der Waals surface area contributed by atoms with E-state index in [4.69, 9.17) is 21.6 Å². The van der Waals surface area contributed by atoms with Crippen LogP contribution in [0.2, 0.25) is 5.02 Å². The van der Waals surface area contributed by atoms with Crippen molar-refractivity contribution in [2.45, 2.75) is 21.1 Å². The SMILES string of the molecule is BC(B)(c1ccc(-c2ccccc2)nc1)C(B)(B)c1cc(Cl)cc(C(B)(O)C(B)(B)c2ccc(-c3ccccc3)nc2)c1. The van der Waals surface area contributed by atoms with Crippen LogP contribution in [0.3, 0.4) is 0 Å². The van der Waals surface area contributed by atoms with Crippen LogP contribution in [0.15, 0.2) is 116 Å². The average molecular weight is 574 g/mol. The minimum atomic E-state index is -1.23. The quantitative estimate of drug-likeness (QED) is 0.264. The Morgan fingerprint density at radius 2 is 0.907 bits per heavy atom. The van der Waals surface area contributed by atoms with Gasteiger partial charge < -0.3 is 5.11 Å². The molecule has 0 aliphatic heterocycles.